The van der Waals surface area contributed by atoms with Gasteiger partial charge in [0.15, 0.2) is 5.96 Å². The van der Waals surface area contributed by atoms with Crippen LogP contribution >= 0.6 is 11.3 Å². The Bertz CT molecular complexity index is 823. The first-order valence-corrected chi connectivity index (χ1v) is 8.80. The van der Waals surface area contributed by atoms with E-state index in [-0.39, 0.29) is 5.82 Å². The number of hydrogen-bond acceptors (Lipinski definition) is 2. The third kappa shape index (κ3) is 3.76. The van der Waals surface area contributed by atoms with Crippen molar-refractivity contribution >= 4 is 28.2 Å². The van der Waals surface area contributed by atoms with Crippen molar-refractivity contribution in [3.05, 3.63) is 58.2 Å². The number of guanidine groups is 1. The van der Waals surface area contributed by atoms with Gasteiger partial charge in [0.25, 0.3) is 0 Å². The Hall–Kier alpha value is -2.34. The van der Waals surface area contributed by atoms with E-state index in [1.165, 1.54) is 11.6 Å². The van der Waals surface area contributed by atoms with Crippen LogP contribution in [-0.2, 0) is 13.0 Å². The van der Waals surface area contributed by atoms with Gasteiger partial charge in [-0.1, -0.05) is 0 Å². The molecule has 24 heavy (non-hydrogen) atoms. The normalized spacial score (nSPS) is 11.9. The third-order valence-corrected chi connectivity index (χ3v) is 4.71. The molecule has 4 nitrogen and oxygen atoms in total. The average molecular weight is 344 g/mol. The van der Waals surface area contributed by atoms with E-state index in [0.717, 1.165) is 41.9 Å². The Kier molecular flexibility index (Phi) is 5.15. The number of rotatable bonds is 5. The van der Waals surface area contributed by atoms with Gasteiger partial charge in [-0.15, -0.1) is 0 Å². The molecule has 0 amide bonds. The molecule has 2 N–H and O–H groups in total. The number of H-pyrrole nitrogens is 1. The largest absolute Gasteiger partial charge is 0.361 e. The maximum Gasteiger partial charge on any atom is 0.193 e. The number of hydrogen-bond donors (Lipinski definition) is 2. The molecule has 2 heterocycles. The smallest absolute Gasteiger partial charge is 0.193 e. The van der Waals surface area contributed by atoms with Gasteiger partial charge < -0.3 is 15.2 Å². The fraction of sp³-hybridized carbons (Fsp3) is 0.278. The van der Waals surface area contributed by atoms with Gasteiger partial charge in [-0.2, -0.15) is 11.3 Å². The second-order valence-corrected chi connectivity index (χ2v) is 6.50. The maximum absolute atomic E-state index is 13.4. The third-order valence-electron chi connectivity index (χ3n) is 3.98. The lowest BCUT2D eigenvalue weighted by atomic mass is 10.1. The zero-order valence-corrected chi connectivity index (χ0v) is 14.7. The van der Waals surface area contributed by atoms with Gasteiger partial charge in [0, 0.05) is 44.3 Å². The van der Waals surface area contributed by atoms with Crippen LogP contribution in [0.3, 0.4) is 0 Å². The van der Waals surface area contributed by atoms with Gasteiger partial charge in [0.05, 0.1) is 0 Å². The first-order chi connectivity index (χ1) is 11.7. The predicted molar refractivity (Wildman–Crippen MR) is 99.1 cm³/mol. The van der Waals surface area contributed by atoms with Crippen LogP contribution in [-0.4, -0.2) is 36.5 Å². The Morgan fingerprint density at radius 1 is 1.38 bits per heavy atom. The van der Waals surface area contributed by atoms with Crippen molar-refractivity contribution in [2.24, 2.45) is 4.99 Å². The van der Waals surface area contributed by atoms with Crippen molar-refractivity contribution in [1.82, 2.24) is 15.2 Å². The molecule has 126 valence electrons. The Morgan fingerprint density at radius 3 is 3.00 bits per heavy atom. The molecule has 0 aliphatic rings. The van der Waals surface area contributed by atoms with Gasteiger partial charge in [-0.3, -0.25) is 4.99 Å². The molecule has 0 radical (unpaired) electrons. The number of fused-ring (bicyclic) bond motifs is 1. The minimum Gasteiger partial charge on any atom is -0.361 e. The molecule has 3 aromatic rings. The number of halogens is 1. The van der Waals surface area contributed by atoms with Crippen LogP contribution in [0.4, 0.5) is 4.39 Å². The van der Waals surface area contributed by atoms with Crippen LogP contribution in [0.5, 0.6) is 0 Å². The molecule has 0 aliphatic heterocycles. The molecule has 0 atom stereocenters. The van der Waals surface area contributed by atoms with E-state index in [2.05, 4.69) is 37.0 Å². The number of nitrogens with one attached hydrogen (secondary N) is 2. The molecular weight excluding hydrogens is 323 g/mol. The Balaban J connectivity index is 1.58. The molecule has 0 aliphatic carbocycles. The highest BCUT2D eigenvalue weighted by Gasteiger charge is 2.08. The fourth-order valence-corrected chi connectivity index (χ4v) is 3.44. The SMILES string of the molecule is CN=C(NCCc1c[nH]c2ccc(F)cc12)N(C)Cc1ccsc1. The summed E-state index contributed by atoms with van der Waals surface area (Å²) in [6, 6.07) is 6.95. The summed E-state index contributed by atoms with van der Waals surface area (Å²) in [6.45, 7) is 1.56. The molecule has 0 bridgehead atoms. The van der Waals surface area contributed by atoms with Gasteiger partial charge in [-0.25, -0.2) is 4.39 Å². The van der Waals surface area contributed by atoms with Gasteiger partial charge in [0.2, 0.25) is 0 Å². The topological polar surface area (TPSA) is 43.4 Å². The van der Waals surface area contributed by atoms with E-state index in [4.69, 9.17) is 0 Å². The van der Waals surface area contributed by atoms with Crippen molar-refractivity contribution in [3.63, 3.8) is 0 Å². The lowest BCUT2D eigenvalue weighted by Crippen LogP contribution is -2.39. The second-order valence-electron chi connectivity index (χ2n) is 5.72. The van der Waals surface area contributed by atoms with Gasteiger partial charge >= 0.3 is 0 Å². The van der Waals surface area contributed by atoms with Crippen LogP contribution < -0.4 is 5.32 Å². The number of benzene rings is 1. The monoisotopic (exact) mass is 344 g/mol. The molecule has 0 spiro atoms. The molecule has 6 heteroatoms. The van der Waals surface area contributed by atoms with Crippen LogP contribution in [0, 0.1) is 5.82 Å². The summed E-state index contributed by atoms with van der Waals surface area (Å²) in [5.41, 5.74) is 3.34. The molecule has 0 unspecified atom stereocenters. The molecule has 0 saturated heterocycles. The zero-order valence-electron chi connectivity index (χ0n) is 13.8. The lowest BCUT2D eigenvalue weighted by Gasteiger charge is -2.21. The number of aromatic nitrogens is 1. The van der Waals surface area contributed by atoms with E-state index in [1.807, 2.05) is 13.2 Å². The fourth-order valence-electron chi connectivity index (χ4n) is 2.78. The minimum absolute atomic E-state index is 0.206. The number of thiophene rings is 1. The maximum atomic E-state index is 13.4. The summed E-state index contributed by atoms with van der Waals surface area (Å²) < 4.78 is 13.4. The van der Waals surface area contributed by atoms with E-state index in [9.17, 15) is 4.39 Å². The summed E-state index contributed by atoms with van der Waals surface area (Å²) in [7, 11) is 3.81. The standard InChI is InChI=1S/C18H21FN4S/c1-20-18(23(2)11-13-6-8-24-12-13)21-7-5-14-10-22-17-4-3-15(19)9-16(14)17/h3-4,6,8-10,12,22H,5,7,11H2,1-2H3,(H,20,21). The summed E-state index contributed by atoms with van der Waals surface area (Å²) in [6.07, 6.45) is 2.75. The van der Waals surface area contributed by atoms with Crippen LogP contribution in [0.2, 0.25) is 0 Å². The summed E-state index contributed by atoms with van der Waals surface area (Å²) in [5, 5.41) is 8.54. The average Bonchev–Trinajstić information content (AvgIpc) is 3.21. The number of aromatic amines is 1. The van der Waals surface area contributed by atoms with E-state index in [1.54, 1.807) is 30.5 Å². The molecule has 0 fully saturated rings. The van der Waals surface area contributed by atoms with Crippen LogP contribution in [0.25, 0.3) is 10.9 Å². The second kappa shape index (κ2) is 7.49. The zero-order chi connectivity index (χ0) is 16.9. The Labute approximate surface area is 145 Å². The molecule has 0 saturated carbocycles. The molecule has 2 aromatic heterocycles. The van der Waals surface area contributed by atoms with E-state index >= 15 is 0 Å². The Morgan fingerprint density at radius 2 is 2.25 bits per heavy atom. The highest BCUT2D eigenvalue weighted by Crippen LogP contribution is 2.19. The van der Waals surface area contributed by atoms with Crippen LogP contribution in [0.15, 0.2) is 46.2 Å². The minimum atomic E-state index is -0.206. The number of nitrogens with zero attached hydrogens (tertiary/aromatic N) is 2. The predicted octanol–water partition coefficient (Wildman–Crippen LogP) is 3.62. The van der Waals surface area contributed by atoms with Crippen molar-refractivity contribution in [2.75, 3.05) is 20.6 Å². The van der Waals surface area contributed by atoms with Crippen molar-refractivity contribution in [2.45, 2.75) is 13.0 Å². The molecule has 1 aromatic carbocycles. The van der Waals surface area contributed by atoms with E-state index in [0.29, 0.717) is 0 Å². The van der Waals surface area contributed by atoms with E-state index < -0.39 is 0 Å². The highest BCUT2D eigenvalue weighted by atomic mass is 32.1. The quantitative estimate of drug-likeness (QED) is 0.548. The first kappa shape index (κ1) is 16.5. The molecule has 3 rings (SSSR count). The van der Waals surface area contributed by atoms with Gasteiger partial charge in [0.1, 0.15) is 5.82 Å². The first-order valence-electron chi connectivity index (χ1n) is 7.85. The van der Waals surface area contributed by atoms with Crippen molar-refractivity contribution in [3.8, 4) is 0 Å². The van der Waals surface area contributed by atoms with Crippen LogP contribution in [0.1, 0.15) is 11.1 Å². The summed E-state index contributed by atoms with van der Waals surface area (Å²) >= 11 is 1.70. The number of aliphatic imine (C=N–C) groups is 1. The van der Waals surface area contributed by atoms with Crippen molar-refractivity contribution in [1.29, 1.82) is 0 Å². The highest BCUT2D eigenvalue weighted by molar-refractivity contribution is 7.07. The summed E-state index contributed by atoms with van der Waals surface area (Å²) in [4.78, 5) is 9.61. The summed E-state index contributed by atoms with van der Waals surface area (Å²) in [5.74, 6) is 0.648. The van der Waals surface area contributed by atoms with Gasteiger partial charge in [-0.05, 0) is 52.6 Å². The van der Waals surface area contributed by atoms with Crippen molar-refractivity contribution < 1.29 is 4.39 Å². The lowest BCUT2D eigenvalue weighted by molar-refractivity contribution is 0.478. The molecular formula is C18H21FN4S.